The molecular weight excluding hydrogens is 228 g/mol. The Morgan fingerprint density at radius 2 is 2.45 bits per heavy atom. The van der Waals surface area contributed by atoms with Crippen molar-refractivity contribution in [3.63, 3.8) is 0 Å². The van der Waals surface area contributed by atoms with Crippen molar-refractivity contribution in [2.45, 2.75) is 6.42 Å². The quantitative estimate of drug-likeness (QED) is 0.355. The van der Waals surface area contributed by atoms with E-state index < -0.39 is 0 Å². The first-order chi connectivity index (χ1) is 5.22. The zero-order chi connectivity index (χ0) is 8.27. The van der Waals surface area contributed by atoms with Crippen molar-refractivity contribution in [3.05, 3.63) is 20.8 Å². The highest BCUT2D eigenvalue weighted by molar-refractivity contribution is 9.11. The molecule has 0 aliphatic heterocycles. The number of hydrogen-bond donors (Lipinski definition) is 2. The smallest absolute Gasteiger partial charge is 0.144 e. The van der Waals surface area contributed by atoms with Crippen molar-refractivity contribution in [3.8, 4) is 0 Å². The van der Waals surface area contributed by atoms with Crippen molar-refractivity contribution in [2.75, 3.05) is 0 Å². The molecule has 5 heteroatoms. The Morgan fingerprint density at radius 1 is 1.73 bits per heavy atom. The van der Waals surface area contributed by atoms with Crippen LogP contribution in [0.5, 0.6) is 0 Å². The number of halogens is 1. The van der Waals surface area contributed by atoms with Gasteiger partial charge in [0.05, 0.1) is 3.79 Å². The highest BCUT2D eigenvalue weighted by atomic mass is 79.9. The zero-order valence-electron chi connectivity index (χ0n) is 5.62. The average molecular weight is 235 g/mol. The zero-order valence-corrected chi connectivity index (χ0v) is 8.02. The normalized spacial score (nSPS) is 11.9. The van der Waals surface area contributed by atoms with E-state index in [-0.39, 0.29) is 5.84 Å². The molecule has 1 heterocycles. The van der Waals surface area contributed by atoms with E-state index in [0.29, 0.717) is 6.42 Å². The van der Waals surface area contributed by atoms with Crippen LogP contribution in [-0.2, 0) is 6.42 Å². The van der Waals surface area contributed by atoms with Crippen molar-refractivity contribution >= 4 is 33.1 Å². The Hall–Kier alpha value is -0.550. The fourth-order valence-corrected chi connectivity index (χ4v) is 2.16. The first kappa shape index (κ1) is 8.55. The van der Waals surface area contributed by atoms with Crippen molar-refractivity contribution < 1.29 is 5.21 Å². The second-order valence-electron chi connectivity index (χ2n) is 1.97. The van der Waals surface area contributed by atoms with Gasteiger partial charge in [-0.05, 0) is 28.1 Å². The Morgan fingerprint density at radius 3 is 2.91 bits per heavy atom. The van der Waals surface area contributed by atoms with E-state index in [1.54, 1.807) is 11.3 Å². The molecule has 0 aliphatic rings. The Balaban J connectivity index is 2.65. The standard InChI is InChI=1S/C6H7BrN2OS/c7-5-2-1-4(11-5)3-6(8)9-10/h1-2,10H,3H2,(H2,8,9). The van der Waals surface area contributed by atoms with Crippen LogP contribution in [0.1, 0.15) is 4.88 Å². The molecule has 60 valence electrons. The molecule has 3 nitrogen and oxygen atoms in total. The van der Waals surface area contributed by atoms with Gasteiger partial charge in [0.1, 0.15) is 5.84 Å². The summed E-state index contributed by atoms with van der Waals surface area (Å²) in [7, 11) is 0. The molecule has 0 fully saturated rings. The number of nitrogens with two attached hydrogens (primary N) is 1. The number of thiophene rings is 1. The van der Waals surface area contributed by atoms with Gasteiger partial charge in [0.2, 0.25) is 0 Å². The lowest BCUT2D eigenvalue weighted by Gasteiger charge is -1.91. The predicted octanol–water partition coefficient (Wildman–Crippen LogP) is 1.80. The molecular formula is C6H7BrN2OS. The Labute approximate surface area is 76.7 Å². The molecule has 0 saturated carbocycles. The van der Waals surface area contributed by atoms with Crippen LogP contribution in [-0.4, -0.2) is 11.0 Å². The molecule has 0 unspecified atom stereocenters. The average Bonchev–Trinajstić information content (AvgIpc) is 2.35. The summed E-state index contributed by atoms with van der Waals surface area (Å²) >= 11 is 4.90. The number of hydrogen-bond acceptors (Lipinski definition) is 3. The predicted molar refractivity (Wildman–Crippen MR) is 49.1 cm³/mol. The summed E-state index contributed by atoms with van der Waals surface area (Å²) in [6.45, 7) is 0. The van der Waals surface area contributed by atoms with Crippen LogP contribution in [0.2, 0.25) is 0 Å². The van der Waals surface area contributed by atoms with Crippen LogP contribution in [0, 0.1) is 0 Å². The SMILES string of the molecule is N/C(Cc1ccc(Br)s1)=N\O. The molecule has 0 radical (unpaired) electrons. The number of amidine groups is 1. The van der Waals surface area contributed by atoms with Gasteiger partial charge in [-0.15, -0.1) is 11.3 Å². The highest BCUT2D eigenvalue weighted by Crippen LogP contribution is 2.22. The van der Waals surface area contributed by atoms with E-state index >= 15 is 0 Å². The molecule has 1 rings (SSSR count). The van der Waals surface area contributed by atoms with Crippen LogP contribution < -0.4 is 5.73 Å². The van der Waals surface area contributed by atoms with Gasteiger partial charge in [-0.3, -0.25) is 0 Å². The first-order valence-corrected chi connectivity index (χ1v) is 4.54. The van der Waals surface area contributed by atoms with Gasteiger partial charge in [-0.1, -0.05) is 5.16 Å². The van der Waals surface area contributed by atoms with E-state index in [2.05, 4.69) is 21.1 Å². The Kier molecular flexibility index (Phi) is 2.90. The minimum atomic E-state index is 0.236. The van der Waals surface area contributed by atoms with E-state index in [0.717, 1.165) is 8.66 Å². The molecule has 0 atom stereocenters. The number of nitrogens with zero attached hydrogens (tertiary/aromatic N) is 1. The van der Waals surface area contributed by atoms with Crippen LogP contribution in [0.25, 0.3) is 0 Å². The fourth-order valence-electron chi connectivity index (χ4n) is 0.661. The van der Waals surface area contributed by atoms with Gasteiger partial charge < -0.3 is 10.9 Å². The third-order valence-electron chi connectivity index (χ3n) is 1.11. The van der Waals surface area contributed by atoms with Gasteiger partial charge in [-0.25, -0.2) is 0 Å². The topological polar surface area (TPSA) is 58.6 Å². The van der Waals surface area contributed by atoms with Gasteiger partial charge in [-0.2, -0.15) is 0 Å². The summed E-state index contributed by atoms with van der Waals surface area (Å²) in [5.41, 5.74) is 5.31. The third kappa shape index (κ3) is 2.51. The molecule has 11 heavy (non-hydrogen) atoms. The van der Waals surface area contributed by atoms with Crippen molar-refractivity contribution in [1.29, 1.82) is 0 Å². The summed E-state index contributed by atoms with van der Waals surface area (Å²) in [6, 6.07) is 3.87. The summed E-state index contributed by atoms with van der Waals surface area (Å²) < 4.78 is 1.05. The molecule has 0 bridgehead atoms. The highest BCUT2D eigenvalue weighted by Gasteiger charge is 1.99. The van der Waals surface area contributed by atoms with E-state index in [4.69, 9.17) is 10.9 Å². The summed E-state index contributed by atoms with van der Waals surface area (Å²) in [5.74, 6) is 0.236. The van der Waals surface area contributed by atoms with Crippen molar-refractivity contribution in [1.82, 2.24) is 0 Å². The number of oxime groups is 1. The molecule has 0 aromatic carbocycles. The largest absolute Gasteiger partial charge is 0.409 e. The molecule has 1 aromatic rings. The van der Waals surface area contributed by atoms with Gasteiger partial charge in [0.15, 0.2) is 0 Å². The van der Waals surface area contributed by atoms with Gasteiger partial charge >= 0.3 is 0 Å². The lowest BCUT2D eigenvalue weighted by atomic mass is 10.3. The lowest BCUT2D eigenvalue weighted by Crippen LogP contribution is -2.13. The fraction of sp³-hybridized carbons (Fsp3) is 0.167. The van der Waals surface area contributed by atoms with Crippen LogP contribution in [0.4, 0.5) is 0 Å². The van der Waals surface area contributed by atoms with Gasteiger partial charge in [0, 0.05) is 11.3 Å². The molecule has 1 aromatic heterocycles. The van der Waals surface area contributed by atoms with Crippen LogP contribution in [0.15, 0.2) is 21.1 Å². The minimum Gasteiger partial charge on any atom is -0.409 e. The third-order valence-corrected chi connectivity index (χ3v) is 2.74. The first-order valence-electron chi connectivity index (χ1n) is 2.93. The molecule has 0 saturated heterocycles. The van der Waals surface area contributed by atoms with Crippen LogP contribution >= 0.6 is 27.3 Å². The second-order valence-corrected chi connectivity index (χ2v) is 4.52. The summed E-state index contributed by atoms with van der Waals surface area (Å²) in [6.07, 6.45) is 0.507. The maximum absolute atomic E-state index is 8.26. The van der Waals surface area contributed by atoms with Crippen LogP contribution in [0.3, 0.4) is 0 Å². The molecule has 3 N–H and O–H groups in total. The summed E-state index contributed by atoms with van der Waals surface area (Å²) in [5, 5.41) is 11.1. The minimum absolute atomic E-state index is 0.236. The molecule has 0 aliphatic carbocycles. The van der Waals surface area contributed by atoms with Gasteiger partial charge in [0.25, 0.3) is 0 Å². The monoisotopic (exact) mass is 234 g/mol. The summed E-state index contributed by atoms with van der Waals surface area (Å²) in [4.78, 5) is 1.08. The van der Waals surface area contributed by atoms with E-state index in [1.807, 2.05) is 12.1 Å². The van der Waals surface area contributed by atoms with E-state index in [9.17, 15) is 0 Å². The molecule has 0 spiro atoms. The maximum Gasteiger partial charge on any atom is 0.144 e. The van der Waals surface area contributed by atoms with E-state index in [1.165, 1.54) is 0 Å². The second kappa shape index (κ2) is 3.73. The number of rotatable bonds is 2. The lowest BCUT2D eigenvalue weighted by molar-refractivity contribution is 0.317. The maximum atomic E-state index is 8.26. The molecule has 0 amide bonds. The Bertz CT molecular complexity index is 271. The van der Waals surface area contributed by atoms with Crippen molar-refractivity contribution in [2.24, 2.45) is 10.9 Å².